The van der Waals surface area contributed by atoms with E-state index in [1.807, 2.05) is 35.7 Å². The van der Waals surface area contributed by atoms with E-state index in [9.17, 15) is 4.79 Å². The number of hydrogen-bond acceptors (Lipinski definition) is 3. The molecule has 0 spiro atoms. The second-order valence-electron chi connectivity index (χ2n) is 3.90. The number of rotatable bonds is 6. The molecule has 2 aromatic rings. The van der Waals surface area contributed by atoms with Gasteiger partial charge < -0.3 is 5.32 Å². The van der Waals surface area contributed by atoms with E-state index >= 15 is 0 Å². The third-order valence-electron chi connectivity index (χ3n) is 2.47. The SMILES string of the molecule is O=C(CSc1ccccc1Cl)NCCc1cccs1. The Balaban J connectivity index is 1.69. The highest BCUT2D eigenvalue weighted by atomic mass is 35.5. The molecule has 5 heteroatoms. The molecule has 0 aliphatic rings. The smallest absolute Gasteiger partial charge is 0.230 e. The zero-order chi connectivity index (χ0) is 13.5. The van der Waals surface area contributed by atoms with Gasteiger partial charge in [-0.25, -0.2) is 0 Å². The Hall–Kier alpha value is -0.970. The van der Waals surface area contributed by atoms with Gasteiger partial charge in [-0.2, -0.15) is 0 Å². The number of nitrogens with one attached hydrogen (secondary N) is 1. The number of carbonyl (C=O) groups excluding carboxylic acids is 1. The van der Waals surface area contributed by atoms with E-state index in [1.165, 1.54) is 16.6 Å². The van der Waals surface area contributed by atoms with Gasteiger partial charge in [0.05, 0.1) is 10.8 Å². The Morgan fingerprint density at radius 2 is 2.11 bits per heavy atom. The second-order valence-corrected chi connectivity index (χ2v) is 6.36. The summed E-state index contributed by atoms with van der Waals surface area (Å²) >= 11 is 9.20. The lowest BCUT2D eigenvalue weighted by atomic mass is 10.3. The van der Waals surface area contributed by atoms with Crippen LogP contribution < -0.4 is 5.32 Å². The topological polar surface area (TPSA) is 29.1 Å². The van der Waals surface area contributed by atoms with Crippen LogP contribution in [0.3, 0.4) is 0 Å². The van der Waals surface area contributed by atoms with Crippen LogP contribution in [0.5, 0.6) is 0 Å². The van der Waals surface area contributed by atoms with Gasteiger partial charge in [-0.15, -0.1) is 23.1 Å². The minimum atomic E-state index is 0.0430. The van der Waals surface area contributed by atoms with Gasteiger partial charge in [0.15, 0.2) is 0 Å². The Morgan fingerprint density at radius 3 is 2.84 bits per heavy atom. The summed E-state index contributed by atoms with van der Waals surface area (Å²) in [6, 6.07) is 11.7. The van der Waals surface area contributed by atoms with Crippen LogP contribution in [0, 0.1) is 0 Å². The maximum Gasteiger partial charge on any atom is 0.230 e. The van der Waals surface area contributed by atoms with E-state index in [4.69, 9.17) is 11.6 Å². The van der Waals surface area contributed by atoms with Gasteiger partial charge in [0.1, 0.15) is 0 Å². The fraction of sp³-hybridized carbons (Fsp3) is 0.214. The lowest BCUT2D eigenvalue weighted by Crippen LogP contribution is -2.27. The molecule has 0 fully saturated rings. The fourth-order valence-electron chi connectivity index (χ4n) is 1.54. The van der Waals surface area contributed by atoms with Crippen LogP contribution in [0.1, 0.15) is 4.88 Å². The van der Waals surface area contributed by atoms with Gasteiger partial charge >= 0.3 is 0 Å². The molecule has 0 radical (unpaired) electrons. The van der Waals surface area contributed by atoms with Gasteiger partial charge in [0.2, 0.25) is 5.91 Å². The van der Waals surface area contributed by atoms with Crippen molar-refractivity contribution in [2.75, 3.05) is 12.3 Å². The molecule has 1 aromatic carbocycles. The number of carbonyl (C=O) groups is 1. The van der Waals surface area contributed by atoms with E-state index in [0.717, 1.165) is 11.3 Å². The molecule has 0 aliphatic heterocycles. The zero-order valence-corrected chi connectivity index (χ0v) is 12.7. The van der Waals surface area contributed by atoms with Crippen molar-refractivity contribution in [1.82, 2.24) is 5.32 Å². The highest BCUT2D eigenvalue weighted by molar-refractivity contribution is 8.00. The number of benzene rings is 1. The third kappa shape index (κ3) is 4.90. The van der Waals surface area contributed by atoms with Crippen LogP contribution in [-0.2, 0) is 11.2 Å². The van der Waals surface area contributed by atoms with E-state index in [2.05, 4.69) is 11.4 Å². The number of thiophene rings is 1. The van der Waals surface area contributed by atoms with Crippen molar-refractivity contribution in [2.24, 2.45) is 0 Å². The average Bonchev–Trinajstić information content (AvgIpc) is 2.91. The number of amides is 1. The summed E-state index contributed by atoms with van der Waals surface area (Å²) < 4.78 is 0. The summed E-state index contributed by atoms with van der Waals surface area (Å²) in [5.74, 6) is 0.440. The summed E-state index contributed by atoms with van der Waals surface area (Å²) in [7, 11) is 0. The summed E-state index contributed by atoms with van der Waals surface area (Å²) in [6.45, 7) is 0.683. The van der Waals surface area contributed by atoms with Crippen molar-refractivity contribution >= 4 is 40.6 Å². The molecule has 1 aromatic heterocycles. The Morgan fingerprint density at radius 1 is 1.26 bits per heavy atom. The summed E-state index contributed by atoms with van der Waals surface area (Å²) in [4.78, 5) is 13.9. The highest BCUT2D eigenvalue weighted by Crippen LogP contribution is 2.26. The van der Waals surface area contributed by atoms with Crippen LogP contribution in [-0.4, -0.2) is 18.2 Å². The first-order chi connectivity index (χ1) is 9.25. The Labute approximate surface area is 126 Å². The van der Waals surface area contributed by atoms with Crippen LogP contribution in [0.2, 0.25) is 5.02 Å². The first-order valence-corrected chi connectivity index (χ1v) is 8.16. The highest BCUT2D eigenvalue weighted by Gasteiger charge is 2.05. The molecule has 1 amide bonds. The second kappa shape index (κ2) is 7.58. The predicted molar refractivity (Wildman–Crippen MR) is 83.2 cm³/mol. The van der Waals surface area contributed by atoms with Crippen molar-refractivity contribution in [3.8, 4) is 0 Å². The summed E-state index contributed by atoms with van der Waals surface area (Å²) in [5.41, 5.74) is 0. The minimum Gasteiger partial charge on any atom is -0.355 e. The molecular formula is C14H14ClNOS2. The zero-order valence-electron chi connectivity index (χ0n) is 10.3. The van der Waals surface area contributed by atoms with Crippen LogP contribution in [0.15, 0.2) is 46.7 Å². The summed E-state index contributed by atoms with van der Waals surface area (Å²) in [6.07, 6.45) is 0.889. The normalized spacial score (nSPS) is 10.4. The van der Waals surface area contributed by atoms with Crippen molar-refractivity contribution in [1.29, 1.82) is 0 Å². The Bertz CT molecular complexity index is 528. The van der Waals surface area contributed by atoms with Gasteiger partial charge in [0, 0.05) is 16.3 Å². The summed E-state index contributed by atoms with van der Waals surface area (Å²) in [5, 5.41) is 5.65. The number of hydrogen-bond donors (Lipinski definition) is 1. The largest absolute Gasteiger partial charge is 0.355 e. The standard InChI is InChI=1S/C14H14ClNOS2/c15-12-5-1-2-6-13(12)19-10-14(17)16-8-7-11-4-3-9-18-11/h1-6,9H,7-8,10H2,(H,16,17). The first kappa shape index (κ1) is 14.4. The van der Waals surface area contributed by atoms with Crippen molar-refractivity contribution in [2.45, 2.75) is 11.3 Å². The van der Waals surface area contributed by atoms with Crippen LogP contribution in [0.25, 0.3) is 0 Å². The van der Waals surface area contributed by atoms with E-state index in [-0.39, 0.29) is 5.91 Å². The molecule has 1 N–H and O–H groups in total. The van der Waals surface area contributed by atoms with Gasteiger partial charge in [-0.3, -0.25) is 4.79 Å². The van der Waals surface area contributed by atoms with Crippen LogP contribution >= 0.6 is 34.7 Å². The molecule has 0 unspecified atom stereocenters. The van der Waals surface area contributed by atoms with Crippen LogP contribution in [0.4, 0.5) is 0 Å². The lowest BCUT2D eigenvalue weighted by Gasteiger charge is -2.05. The molecule has 0 saturated heterocycles. The maximum atomic E-state index is 11.7. The van der Waals surface area contributed by atoms with Crippen molar-refractivity contribution in [3.63, 3.8) is 0 Å². The molecule has 2 nitrogen and oxygen atoms in total. The van der Waals surface area contributed by atoms with Crippen molar-refractivity contribution < 1.29 is 4.79 Å². The molecular weight excluding hydrogens is 298 g/mol. The monoisotopic (exact) mass is 311 g/mol. The molecule has 0 aliphatic carbocycles. The average molecular weight is 312 g/mol. The minimum absolute atomic E-state index is 0.0430. The van der Waals surface area contributed by atoms with Gasteiger partial charge in [-0.1, -0.05) is 29.8 Å². The van der Waals surface area contributed by atoms with Gasteiger partial charge in [-0.05, 0) is 30.0 Å². The van der Waals surface area contributed by atoms with E-state index in [1.54, 1.807) is 11.3 Å². The molecule has 1 heterocycles. The maximum absolute atomic E-state index is 11.7. The number of halogens is 1. The molecule has 0 atom stereocenters. The van der Waals surface area contributed by atoms with Gasteiger partial charge in [0.25, 0.3) is 0 Å². The predicted octanol–water partition coefficient (Wildman–Crippen LogP) is 3.85. The van der Waals surface area contributed by atoms with Crippen molar-refractivity contribution in [3.05, 3.63) is 51.7 Å². The number of thioether (sulfide) groups is 1. The fourth-order valence-corrected chi connectivity index (χ4v) is 3.31. The molecule has 0 bridgehead atoms. The Kier molecular flexibility index (Phi) is 5.76. The molecule has 100 valence electrons. The third-order valence-corrected chi connectivity index (χ3v) is 4.92. The molecule has 0 saturated carbocycles. The van der Waals surface area contributed by atoms with E-state index in [0.29, 0.717) is 17.3 Å². The first-order valence-electron chi connectivity index (χ1n) is 5.92. The molecule has 19 heavy (non-hydrogen) atoms. The molecule has 2 rings (SSSR count). The lowest BCUT2D eigenvalue weighted by molar-refractivity contribution is -0.118. The van der Waals surface area contributed by atoms with E-state index < -0.39 is 0 Å². The quantitative estimate of drug-likeness (QED) is 0.821.